The number of aryl methyl sites for hydroxylation is 2. The fraction of sp³-hybridized carbons (Fsp3) is 0.706. The van der Waals surface area contributed by atoms with Crippen LogP contribution in [0.5, 0.6) is 0 Å². The van der Waals surface area contributed by atoms with E-state index >= 15 is 0 Å². The molecule has 0 aliphatic carbocycles. The second-order valence-corrected chi connectivity index (χ2v) is 5.19. The largest absolute Gasteiger partial charge is 0.481 e. The molecule has 1 aromatic rings. The number of rotatable bonds is 9. The fourth-order valence-corrected chi connectivity index (χ4v) is 2.23. The van der Waals surface area contributed by atoms with Crippen molar-refractivity contribution < 1.29 is 9.90 Å². The molecule has 20 heavy (non-hydrogen) atoms. The van der Waals surface area contributed by atoms with Crippen molar-refractivity contribution in [3.8, 4) is 0 Å². The highest BCUT2D eigenvalue weighted by atomic mass is 16.4. The molecule has 0 aliphatic heterocycles. The Morgan fingerprint density at radius 1 is 1.10 bits per heavy atom. The third kappa shape index (κ3) is 10.7. The van der Waals surface area contributed by atoms with E-state index in [-0.39, 0.29) is 0 Å². The molecule has 3 heteroatoms. The average Bonchev–Trinajstić information content (AvgIpc) is 2.84. The van der Waals surface area contributed by atoms with Gasteiger partial charge in [-0.1, -0.05) is 52.4 Å². The normalized spacial score (nSPS) is 9.95. The highest BCUT2D eigenvalue weighted by Crippen LogP contribution is 2.09. The van der Waals surface area contributed by atoms with Crippen molar-refractivity contribution in [2.75, 3.05) is 0 Å². The number of nitrogens with zero attached hydrogens (tertiary/aromatic N) is 1. The lowest BCUT2D eigenvalue weighted by atomic mass is 10.1. The van der Waals surface area contributed by atoms with Crippen LogP contribution in [0.15, 0.2) is 18.3 Å². The standard InChI is InChI=1S/C15H27N.C2H4O2/c1-3-5-6-7-8-9-10-13-16-14-11-12-15(16)4-2;1-2(3)4/h11-12,14H,3-10,13H2,1-2H3;1H3,(H,3,4). The van der Waals surface area contributed by atoms with Gasteiger partial charge in [0.1, 0.15) is 0 Å². The fourth-order valence-electron chi connectivity index (χ4n) is 2.23. The van der Waals surface area contributed by atoms with Crippen LogP contribution in [0.1, 0.15) is 71.4 Å². The van der Waals surface area contributed by atoms with Crippen molar-refractivity contribution in [3.05, 3.63) is 24.0 Å². The van der Waals surface area contributed by atoms with Gasteiger partial charge in [0, 0.05) is 25.4 Å². The molecule has 0 spiro atoms. The van der Waals surface area contributed by atoms with Gasteiger partial charge in [0.25, 0.3) is 5.97 Å². The first-order valence-corrected chi connectivity index (χ1v) is 7.95. The Hall–Kier alpha value is -1.25. The van der Waals surface area contributed by atoms with Crippen molar-refractivity contribution in [1.29, 1.82) is 0 Å². The number of hydrogen-bond donors (Lipinski definition) is 1. The minimum absolute atomic E-state index is 0.833. The molecule has 0 atom stereocenters. The SMILES string of the molecule is CC(=O)O.CCCCCCCCCn1cccc1CC. The van der Waals surface area contributed by atoms with Gasteiger partial charge in [-0.2, -0.15) is 0 Å². The van der Waals surface area contributed by atoms with Crippen LogP contribution in [0.2, 0.25) is 0 Å². The van der Waals surface area contributed by atoms with Gasteiger partial charge in [0.15, 0.2) is 0 Å². The average molecular weight is 281 g/mol. The first kappa shape index (κ1) is 18.8. The summed E-state index contributed by atoms with van der Waals surface area (Å²) in [6.07, 6.45) is 13.2. The van der Waals surface area contributed by atoms with Crippen molar-refractivity contribution >= 4 is 5.97 Å². The minimum Gasteiger partial charge on any atom is -0.481 e. The van der Waals surface area contributed by atoms with E-state index in [1.165, 1.54) is 57.2 Å². The quantitative estimate of drug-likeness (QED) is 0.655. The van der Waals surface area contributed by atoms with Crippen molar-refractivity contribution in [2.24, 2.45) is 0 Å². The van der Waals surface area contributed by atoms with Crippen molar-refractivity contribution in [2.45, 2.75) is 78.7 Å². The first-order valence-electron chi connectivity index (χ1n) is 7.95. The van der Waals surface area contributed by atoms with Crippen LogP contribution in [0.25, 0.3) is 0 Å². The van der Waals surface area contributed by atoms with Gasteiger partial charge >= 0.3 is 0 Å². The Morgan fingerprint density at radius 3 is 2.20 bits per heavy atom. The van der Waals surface area contributed by atoms with E-state index < -0.39 is 5.97 Å². The van der Waals surface area contributed by atoms with E-state index in [0.717, 1.165) is 13.3 Å². The Morgan fingerprint density at radius 2 is 1.65 bits per heavy atom. The summed E-state index contributed by atoms with van der Waals surface area (Å²) in [6, 6.07) is 4.40. The maximum absolute atomic E-state index is 9.00. The summed E-state index contributed by atoms with van der Waals surface area (Å²) in [7, 11) is 0. The Bertz CT molecular complexity index is 341. The molecule has 0 unspecified atom stereocenters. The van der Waals surface area contributed by atoms with Gasteiger partial charge in [-0.25, -0.2) is 0 Å². The van der Waals surface area contributed by atoms with Crippen molar-refractivity contribution in [1.82, 2.24) is 4.57 Å². The zero-order chi connectivity index (χ0) is 15.2. The molecule has 0 amide bonds. The summed E-state index contributed by atoms with van der Waals surface area (Å²) >= 11 is 0. The van der Waals surface area contributed by atoms with Crippen LogP contribution in [-0.4, -0.2) is 15.6 Å². The maximum atomic E-state index is 9.00. The lowest BCUT2D eigenvalue weighted by Crippen LogP contribution is -2.00. The van der Waals surface area contributed by atoms with Gasteiger partial charge in [0.2, 0.25) is 0 Å². The second kappa shape index (κ2) is 12.8. The maximum Gasteiger partial charge on any atom is 0.300 e. The predicted octanol–water partition coefficient (Wildman–Crippen LogP) is 4.89. The summed E-state index contributed by atoms with van der Waals surface area (Å²) in [4.78, 5) is 9.00. The van der Waals surface area contributed by atoms with Crippen LogP contribution in [-0.2, 0) is 17.8 Å². The molecular formula is C17H31NO2. The van der Waals surface area contributed by atoms with E-state index in [1.54, 1.807) is 0 Å². The minimum atomic E-state index is -0.833. The number of hydrogen-bond acceptors (Lipinski definition) is 1. The zero-order valence-corrected chi connectivity index (χ0v) is 13.4. The smallest absolute Gasteiger partial charge is 0.300 e. The third-order valence-corrected chi connectivity index (χ3v) is 3.29. The molecule has 0 saturated heterocycles. The van der Waals surface area contributed by atoms with Crippen LogP contribution in [0.3, 0.4) is 0 Å². The Labute approximate surface area is 124 Å². The second-order valence-electron chi connectivity index (χ2n) is 5.19. The molecule has 0 aliphatic rings. The molecule has 0 fully saturated rings. The topological polar surface area (TPSA) is 42.2 Å². The number of carbonyl (C=O) groups is 1. The molecule has 0 bridgehead atoms. The third-order valence-electron chi connectivity index (χ3n) is 3.29. The summed E-state index contributed by atoms with van der Waals surface area (Å²) < 4.78 is 2.41. The molecule has 0 aromatic carbocycles. The van der Waals surface area contributed by atoms with E-state index in [0.29, 0.717) is 0 Å². The van der Waals surface area contributed by atoms with Crippen LogP contribution >= 0.6 is 0 Å². The number of carboxylic acid groups (broad SMARTS) is 1. The number of unbranched alkanes of at least 4 members (excludes halogenated alkanes) is 6. The number of aliphatic carboxylic acids is 1. The van der Waals surface area contributed by atoms with E-state index in [1.807, 2.05) is 0 Å². The van der Waals surface area contributed by atoms with Crippen LogP contribution < -0.4 is 0 Å². The van der Waals surface area contributed by atoms with Crippen molar-refractivity contribution in [3.63, 3.8) is 0 Å². The lowest BCUT2D eigenvalue weighted by Gasteiger charge is -2.07. The molecular weight excluding hydrogens is 250 g/mol. The van der Waals surface area contributed by atoms with E-state index in [9.17, 15) is 0 Å². The molecule has 1 rings (SSSR count). The monoisotopic (exact) mass is 281 g/mol. The molecule has 1 heterocycles. The van der Waals surface area contributed by atoms with Crippen LogP contribution in [0.4, 0.5) is 0 Å². The van der Waals surface area contributed by atoms with Gasteiger partial charge < -0.3 is 9.67 Å². The number of carboxylic acids is 1. The number of aromatic nitrogens is 1. The highest BCUT2D eigenvalue weighted by molar-refractivity contribution is 5.62. The van der Waals surface area contributed by atoms with Gasteiger partial charge in [0.05, 0.1) is 0 Å². The summed E-state index contributed by atoms with van der Waals surface area (Å²) in [6.45, 7) is 6.80. The van der Waals surface area contributed by atoms with E-state index in [2.05, 4.69) is 36.7 Å². The lowest BCUT2D eigenvalue weighted by molar-refractivity contribution is -0.134. The van der Waals surface area contributed by atoms with E-state index in [4.69, 9.17) is 9.90 Å². The molecule has 0 saturated carbocycles. The molecule has 1 N–H and O–H groups in total. The van der Waals surface area contributed by atoms with Gasteiger partial charge in [-0.3, -0.25) is 4.79 Å². The van der Waals surface area contributed by atoms with Gasteiger partial charge in [-0.05, 0) is 25.0 Å². The highest BCUT2D eigenvalue weighted by Gasteiger charge is 1.97. The first-order chi connectivity index (χ1) is 9.61. The Kier molecular flexibility index (Phi) is 12.0. The molecule has 0 radical (unpaired) electrons. The summed E-state index contributed by atoms with van der Waals surface area (Å²) in [5.74, 6) is -0.833. The summed E-state index contributed by atoms with van der Waals surface area (Å²) in [5, 5.41) is 7.42. The van der Waals surface area contributed by atoms with Gasteiger partial charge in [-0.15, -0.1) is 0 Å². The summed E-state index contributed by atoms with van der Waals surface area (Å²) in [5.41, 5.74) is 1.48. The zero-order valence-electron chi connectivity index (χ0n) is 13.4. The molecule has 3 nitrogen and oxygen atoms in total. The molecule has 1 aromatic heterocycles. The molecule has 116 valence electrons. The predicted molar refractivity (Wildman–Crippen MR) is 85.1 cm³/mol. The van der Waals surface area contributed by atoms with Crippen LogP contribution in [0, 0.1) is 0 Å². The Balaban J connectivity index is 0.000000796.